The maximum Gasteiger partial charge on any atom is 0.336 e. The molecule has 2 aromatic rings. The fourth-order valence-electron chi connectivity index (χ4n) is 2.48. The summed E-state index contributed by atoms with van der Waals surface area (Å²) >= 11 is 0.826. The van der Waals surface area contributed by atoms with Crippen molar-refractivity contribution in [1.82, 2.24) is 0 Å². The van der Waals surface area contributed by atoms with Crippen molar-refractivity contribution < 1.29 is 22.7 Å². The van der Waals surface area contributed by atoms with Gasteiger partial charge in [-0.05, 0) is 30.5 Å². The molecule has 1 N–H and O–H groups in total. The van der Waals surface area contributed by atoms with Gasteiger partial charge in [0, 0.05) is 11.9 Å². The van der Waals surface area contributed by atoms with E-state index in [1.54, 1.807) is 12.1 Å². The molecule has 0 amide bonds. The Hall–Kier alpha value is -1.93. The molecule has 0 saturated heterocycles. The molecule has 2 heterocycles. The molecule has 1 aromatic carbocycles. The third-order valence-electron chi connectivity index (χ3n) is 3.49. The molecular weight excluding hydrogens is 329 g/mol. The van der Waals surface area contributed by atoms with E-state index in [1.165, 1.54) is 11.4 Å². The highest BCUT2D eigenvalue weighted by Crippen LogP contribution is 2.35. The van der Waals surface area contributed by atoms with Crippen LogP contribution in [0.3, 0.4) is 0 Å². The third kappa shape index (κ3) is 2.38. The van der Waals surface area contributed by atoms with Crippen molar-refractivity contribution in [3.05, 3.63) is 46.6 Å². The van der Waals surface area contributed by atoms with Crippen molar-refractivity contribution in [2.45, 2.75) is 17.1 Å². The Bertz CT molecular complexity index is 844. The van der Waals surface area contributed by atoms with Crippen molar-refractivity contribution in [1.29, 1.82) is 0 Å². The number of hydrogen-bond donors (Lipinski definition) is 1. The summed E-state index contributed by atoms with van der Waals surface area (Å²) in [6.07, 6.45) is 1.21. The second kappa shape index (κ2) is 5.36. The molecule has 0 fully saturated rings. The molecular formula is C14H12FNO4S2. The van der Waals surface area contributed by atoms with Gasteiger partial charge in [0.1, 0.15) is 10.0 Å². The first kappa shape index (κ1) is 15.0. The molecule has 5 nitrogen and oxygen atoms in total. The molecule has 0 radical (unpaired) electrons. The van der Waals surface area contributed by atoms with Crippen LogP contribution in [0.2, 0.25) is 0 Å². The molecule has 1 aliphatic heterocycles. The zero-order chi connectivity index (χ0) is 15.9. The average molecular weight is 341 g/mol. The first-order chi connectivity index (χ1) is 10.4. The van der Waals surface area contributed by atoms with Gasteiger partial charge in [0.25, 0.3) is 10.0 Å². The van der Waals surface area contributed by atoms with Gasteiger partial charge >= 0.3 is 5.97 Å². The number of nitrogens with zero attached hydrogens (tertiary/aromatic N) is 1. The minimum Gasteiger partial charge on any atom is -0.478 e. The lowest BCUT2D eigenvalue weighted by molar-refractivity contribution is 0.0697. The van der Waals surface area contributed by atoms with Gasteiger partial charge < -0.3 is 5.11 Å². The van der Waals surface area contributed by atoms with Gasteiger partial charge in [-0.25, -0.2) is 17.6 Å². The summed E-state index contributed by atoms with van der Waals surface area (Å²) in [5.41, 5.74) is 0.623. The van der Waals surface area contributed by atoms with E-state index >= 15 is 0 Å². The lowest BCUT2D eigenvalue weighted by Gasteiger charge is -2.30. The van der Waals surface area contributed by atoms with Gasteiger partial charge in [-0.15, -0.1) is 11.3 Å². The van der Waals surface area contributed by atoms with Crippen LogP contribution in [0.5, 0.6) is 0 Å². The lowest BCUT2D eigenvalue weighted by Crippen LogP contribution is -2.35. The summed E-state index contributed by atoms with van der Waals surface area (Å²) in [5, 5.41) is 10.2. The predicted molar refractivity (Wildman–Crippen MR) is 80.5 cm³/mol. The highest BCUT2D eigenvalue weighted by atomic mass is 32.2. The Labute approximate surface area is 130 Å². The molecule has 8 heteroatoms. The zero-order valence-electron chi connectivity index (χ0n) is 11.3. The highest BCUT2D eigenvalue weighted by Gasteiger charge is 2.32. The minimum absolute atomic E-state index is 0.0685. The van der Waals surface area contributed by atoms with E-state index in [2.05, 4.69) is 0 Å². The smallest absolute Gasteiger partial charge is 0.336 e. The SMILES string of the molecule is O=C(O)c1csc(S(=O)(=O)N2CCCc3cccc(F)c32)c1. The quantitative estimate of drug-likeness (QED) is 0.931. The van der Waals surface area contributed by atoms with E-state index in [0.29, 0.717) is 18.4 Å². The zero-order valence-corrected chi connectivity index (χ0v) is 13.0. The molecule has 0 aliphatic carbocycles. The normalized spacial score (nSPS) is 14.7. The molecule has 0 saturated carbocycles. The van der Waals surface area contributed by atoms with Gasteiger partial charge in [-0.2, -0.15) is 0 Å². The summed E-state index contributed by atoms with van der Waals surface area (Å²) < 4.78 is 40.5. The third-order valence-corrected chi connectivity index (χ3v) is 6.71. The fourth-order valence-corrected chi connectivity index (χ4v) is 5.29. The first-order valence-electron chi connectivity index (χ1n) is 6.53. The molecule has 0 bridgehead atoms. The van der Waals surface area contributed by atoms with E-state index in [4.69, 9.17) is 5.11 Å². The van der Waals surface area contributed by atoms with Gasteiger partial charge in [0.05, 0.1) is 11.3 Å². The molecule has 0 spiro atoms. The number of sulfonamides is 1. The van der Waals surface area contributed by atoms with E-state index < -0.39 is 21.8 Å². The number of carboxylic acids is 1. The number of hydrogen-bond acceptors (Lipinski definition) is 4. The number of aryl methyl sites for hydroxylation is 1. The van der Waals surface area contributed by atoms with Crippen LogP contribution in [0, 0.1) is 5.82 Å². The Morgan fingerprint density at radius 2 is 2.14 bits per heavy atom. The summed E-state index contributed by atoms with van der Waals surface area (Å²) in [4.78, 5) is 10.9. The molecule has 0 atom stereocenters. The Kier molecular flexibility index (Phi) is 3.65. The maximum absolute atomic E-state index is 14.1. The van der Waals surface area contributed by atoms with Crippen molar-refractivity contribution in [2.24, 2.45) is 0 Å². The maximum atomic E-state index is 14.1. The summed E-state index contributed by atoms with van der Waals surface area (Å²) in [5.74, 6) is -1.78. The molecule has 0 unspecified atom stereocenters. The lowest BCUT2D eigenvalue weighted by atomic mass is 10.0. The van der Waals surface area contributed by atoms with E-state index in [-0.39, 0.29) is 22.0 Å². The van der Waals surface area contributed by atoms with E-state index in [0.717, 1.165) is 21.7 Å². The van der Waals surface area contributed by atoms with E-state index in [1.807, 2.05) is 0 Å². The van der Waals surface area contributed by atoms with Gasteiger partial charge in [-0.3, -0.25) is 4.31 Å². The summed E-state index contributed by atoms with van der Waals surface area (Å²) in [6, 6.07) is 5.59. The highest BCUT2D eigenvalue weighted by molar-refractivity contribution is 7.94. The van der Waals surface area contributed by atoms with Crippen LogP contribution in [0.1, 0.15) is 22.3 Å². The monoisotopic (exact) mass is 341 g/mol. The second-order valence-electron chi connectivity index (χ2n) is 4.89. The Morgan fingerprint density at radius 3 is 2.82 bits per heavy atom. The van der Waals surface area contributed by atoms with Crippen LogP contribution in [0.15, 0.2) is 33.9 Å². The fraction of sp³-hybridized carbons (Fsp3) is 0.214. The van der Waals surface area contributed by atoms with Crippen LogP contribution in [-0.2, 0) is 16.4 Å². The van der Waals surface area contributed by atoms with Crippen molar-refractivity contribution >= 4 is 33.0 Å². The van der Waals surface area contributed by atoms with Crippen LogP contribution in [-0.4, -0.2) is 26.0 Å². The van der Waals surface area contributed by atoms with Gasteiger partial charge in [0.15, 0.2) is 0 Å². The molecule has 116 valence electrons. The number of anilines is 1. The number of benzene rings is 1. The number of thiophene rings is 1. The summed E-state index contributed by atoms with van der Waals surface area (Å²) in [7, 11) is -3.96. The number of para-hydroxylation sites is 1. The molecule has 3 rings (SSSR count). The number of carbonyl (C=O) groups is 1. The molecule has 1 aromatic heterocycles. The number of halogens is 1. The average Bonchev–Trinajstić information content (AvgIpc) is 2.98. The van der Waals surface area contributed by atoms with Crippen LogP contribution in [0.25, 0.3) is 0 Å². The van der Waals surface area contributed by atoms with Crippen LogP contribution < -0.4 is 4.31 Å². The van der Waals surface area contributed by atoms with Crippen molar-refractivity contribution in [2.75, 3.05) is 10.8 Å². The summed E-state index contributed by atoms with van der Waals surface area (Å²) in [6.45, 7) is 0.177. The van der Waals surface area contributed by atoms with Gasteiger partial charge in [-0.1, -0.05) is 12.1 Å². The molecule has 1 aliphatic rings. The number of carboxylic acid groups (broad SMARTS) is 1. The van der Waals surface area contributed by atoms with E-state index in [9.17, 15) is 17.6 Å². The minimum atomic E-state index is -3.96. The number of aromatic carboxylic acids is 1. The van der Waals surface area contributed by atoms with Gasteiger partial charge in [0.2, 0.25) is 0 Å². The van der Waals surface area contributed by atoms with Crippen LogP contribution >= 0.6 is 11.3 Å². The van der Waals surface area contributed by atoms with Crippen molar-refractivity contribution in [3.8, 4) is 0 Å². The Balaban J connectivity index is 2.09. The standard InChI is InChI=1S/C14H12FNO4S2/c15-11-5-1-3-9-4-2-6-16(13(9)11)22(19,20)12-7-10(8-21-12)14(17)18/h1,3,5,7-8H,2,4,6H2,(H,17,18). The second-order valence-corrected chi connectivity index (χ2v) is 7.89. The topological polar surface area (TPSA) is 74.7 Å². The first-order valence-corrected chi connectivity index (χ1v) is 8.85. The number of rotatable bonds is 3. The van der Waals surface area contributed by atoms with Crippen molar-refractivity contribution in [3.63, 3.8) is 0 Å². The molecule has 22 heavy (non-hydrogen) atoms. The number of fused-ring (bicyclic) bond motifs is 1. The largest absolute Gasteiger partial charge is 0.478 e. The van der Waals surface area contributed by atoms with Crippen LogP contribution in [0.4, 0.5) is 10.1 Å². The predicted octanol–water partition coefficient (Wildman–Crippen LogP) is 2.73. The Morgan fingerprint density at radius 1 is 1.36 bits per heavy atom.